The molecule has 10 heteroatoms. The van der Waals surface area contributed by atoms with Crippen molar-refractivity contribution in [2.45, 2.75) is 18.6 Å². The number of imidazole rings is 1. The number of anilines is 1. The van der Waals surface area contributed by atoms with Crippen LogP contribution in [0.1, 0.15) is 28.9 Å². The number of nitrogens with two attached hydrogens (primary N) is 1. The Morgan fingerprint density at radius 1 is 0.861 bits per heavy atom. The summed E-state index contributed by atoms with van der Waals surface area (Å²) in [6.07, 6.45) is 5.21. The summed E-state index contributed by atoms with van der Waals surface area (Å²) < 4.78 is 3.93. The SMILES string of the molecule is Nc1ncnc2c1ncn2Cc1cn(C(c2ccccc2)C(c2ccccc2)N2CCNCC2)nn1. The summed E-state index contributed by atoms with van der Waals surface area (Å²) >= 11 is 0. The van der Waals surface area contributed by atoms with E-state index in [1.54, 1.807) is 6.33 Å². The van der Waals surface area contributed by atoms with Crippen molar-refractivity contribution in [2.24, 2.45) is 0 Å². The Bertz CT molecular complexity index is 1420. The molecule has 3 N–H and O–H groups in total. The van der Waals surface area contributed by atoms with E-state index >= 15 is 0 Å². The van der Waals surface area contributed by atoms with Gasteiger partial charge in [-0.2, -0.15) is 0 Å². The molecule has 2 atom stereocenters. The Kier molecular flexibility index (Phi) is 6.10. The van der Waals surface area contributed by atoms with E-state index in [0.29, 0.717) is 23.5 Å². The highest BCUT2D eigenvalue weighted by molar-refractivity contribution is 5.81. The molecule has 0 spiro atoms. The van der Waals surface area contributed by atoms with Gasteiger partial charge in [0.25, 0.3) is 0 Å². The quantitative estimate of drug-likeness (QED) is 0.365. The molecule has 0 saturated carbocycles. The Hall–Kier alpha value is -4.15. The molecule has 10 nitrogen and oxygen atoms in total. The number of nitrogen functional groups attached to an aromatic ring is 1. The zero-order chi connectivity index (χ0) is 24.3. The standard InChI is InChI=1S/C26H28N10/c27-25-22-26(30-17-29-25)35(18-31-22)15-21-16-36(33-32-21)24(20-9-5-2-6-10-20)23(19-7-3-1-4-8-19)34-13-11-28-12-14-34/h1-10,16-18,23-24,28H,11-15H2,(H2,27,29,30). The van der Waals surface area contributed by atoms with Gasteiger partial charge in [-0.05, 0) is 11.1 Å². The van der Waals surface area contributed by atoms with E-state index in [0.717, 1.165) is 31.9 Å². The summed E-state index contributed by atoms with van der Waals surface area (Å²) in [4.78, 5) is 15.3. The van der Waals surface area contributed by atoms with Gasteiger partial charge in [0.15, 0.2) is 11.5 Å². The van der Waals surface area contributed by atoms with Crippen LogP contribution in [-0.2, 0) is 6.54 Å². The number of hydrogen-bond donors (Lipinski definition) is 2. The largest absolute Gasteiger partial charge is 0.382 e. The molecule has 0 bridgehead atoms. The highest BCUT2D eigenvalue weighted by atomic mass is 15.4. The van der Waals surface area contributed by atoms with Gasteiger partial charge < -0.3 is 15.6 Å². The number of nitrogens with zero attached hydrogens (tertiary/aromatic N) is 8. The number of aromatic nitrogens is 7. The van der Waals surface area contributed by atoms with Crippen LogP contribution in [0.2, 0.25) is 0 Å². The fraction of sp³-hybridized carbons (Fsp3) is 0.269. The minimum Gasteiger partial charge on any atom is -0.382 e. The van der Waals surface area contributed by atoms with Crippen LogP contribution in [0, 0.1) is 0 Å². The minimum absolute atomic E-state index is 0.0505. The Morgan fingerprint density at radius 3 is 2.28 bits per heavy atom. The number of hydrogen-bond acceptors (Lipinski definition) is 8. The highest BCUT2D eigenvalue weighted by Gasteiger charge is 2.33. The first-order valence-electron chi connectivity index (χ1n) is 12.1. The normalized spacial score (nSPS) is 16.2. The zero-order valence-electron chi connectivity index (χ0n) is 19.9. The van der Waals surface area contributed by atoms with Crippen LogP contribution in [0.3, 0.4) is 0 Å². The van der Waals surface area contributed by atoms with Crippen LogP contribution >= 0.6 is 0 Å². The van der Waals surface area contributed by atoms with Gasteiger partial charge in [0.1, 0.15) is 17.5 Å². The Balaban J connectivity index is 1.40. The molecule has 1 aliphatic heterocycles. The summed E-state index contributed by atoms with van der Waals surface area (Å²) in [5.41, 5.74) is 10.5. The number of piperazine rings is 1. The van der Waals surface area contributed by atoms with E-state index in [1.807, 2.05) is 21.5 Å². The van der Waals surface area contributed by atoms with Crippen molar-refractivity contribution in [3.8, 4) is 0 Å². The Labute approximate surface area is 208 Å². The number of nitrogens with one attached hydrogen (secondary N) is 1. The maximum absolute atomic E-state index is 5.96. The van der Waals surface area contributed by atoms with Crippen molar-refractivity contribution in [3.05, 3.63) is 96.3 Å². The molecule has 2 unspecified atom stereocenters. The minimum atomic E-state index is -0.0505. The smallest absolute Gasteiger partial charge is 0.165 e. The van der Waals surface area contributed by atoms with Crippen LogP contribution in [0.15, 0.2) is 79.5 Å². The fourth-order valence-electron chi connectivity index (χ4n) is 5.04. The lowest BCUT2D eigenvalue weighted by atomic mass is 9.91. The summed E-state index contributed by atoms with van der Waals surface area (Å²) in [5.74, 6) is 0.369. The second-order valence-corrected chi connectivity index (χ2v) is 8.99. The molecule has 1 saturated heterocycles. The maximum Gasteiger partial charge on any atom is 0.165 e. The van der Waals surface area contributed by atoms with Gasteiger partial charge in [0, 0.05) is 26.2 Å². The first-order chi connectivity index (χ1) is 17.8. The van der Waals surface area contributed by atoms with Gasteiger partial charge in [-0.25, -0.2) is 19.6 Å². The van der Waals surface area contributed by atoms with Crippen molar-refractivity contribution in [3.63, 3.8) is 0 Å². The fourth-order valence-corrected chi connectivity index (χ4v) is 5.04. The van der Waals surface area contributed by atoms with E-state index in [1.165, 1.54) is 17.5 Å². The molecule has 182 valence electrons. The van der Waals surface area contributed by atoms with Crippen LogP contribution in [0.5, 0.6) is 0 Å². The monoisotopic (exact) mass is 480 g/mol. The third-order valence-corrected chi connectivity index (χ3v) is 6.73. The molecular formula is C26H28N10. The molecule has 0 aliphatic carbocycles. The lowest BCUT2D eigenvalue weighted by Crippen LogP contribution is -2.47. The van der Waals surface area contributed by atoms with Crippen LogP contribution < -0.4 is 11.1 Å². The van der Waals surface area contributed by atoms with Gasteiger partial charge >= 0.3 is 0 Å². The number of benzene rings is 2. The summed E-state index contributed by atoms with van der Waals surface area (Å²) in [6.45, 7) is 4.34. The van der Waals surface area contributed by atoms with E-state index in [4.69, 9.17) is 5.73 Å². The van der Waals surface area contributed by atoms with Gasteiger partial charge in [-0.3, -0.25) is 4.90 Å². The highest BCUT2D eigenvalue weighted by Crippen LogP contribution is 2.37. The number of fused-ring (bicyclic) bond motifs is 1. The van der Waals surface area contributed by atoms with Crippen molar-refractivity contribution in [1.29, 1.82) is 0 Å². The van der Waals surface area contributed by atoms with Gasteiger partial charge in [-0.15, -0.1) is 5.10 Å². The van der Waals surface area contributed by atoms with Crippen molar-refractivity contribution in [1.82, 2.24) is 44.7 Å². The second-order valence-electron chi connectivity index (χ2n) is 8.99. The predicted octanol–water partition coefficient (Wildman–Crippen LogP) is 2.28. The topological polar surface area (TPSA) is 116 Å². The molecular weight excluding hydrogens is 452 g/mol. The molecule has 0 radical (unpaired) electrons. The molecule has 6 rings (SSSR count). The van der Waals surface area contributed by atoms with E-state index in [-0.39, 0.29) is 12.1 Å². The first-order valence-corrected chi connectivity index (χ1v) is 12.1. The van der Waals surface area contributed by atoms with E-state index in [9.17, 15) is 0 Å². The molecule has 5 aromatic rings. The molecule has 1 fully saturated rings. The van der Waals surface area contributed by atoms with Crippen LogP contribution in [0.4, 0.5) is 5.82 Å². The van der Waals surface area contributed by atoms with Crippen molar-refractivity contribution >= 4 is 17.0 Å². The van der Waals surface area contributed by atoms with Crippen molar-refractivity contribution < 1.29 is 0 Å². The van der Waals surface area contributed by atoms with Crippen LogP contribution in [-0.4, -0.2) is 65.6 Å². The van der Waals surface area contributed by atoms with Crippen LogP contribution in [0.25, 0.3) is 11.2 Å². The molecule has 1 aliphatic rings. The zero-order valence-corrected chi connectivity index (χ0v) is 19.9. The van der Waals surface area contributed by atoms with Gasteiger partial charge in [0.2, 0.25) is 0 Å². The summed E-state index contributed by atoms with van der Waals surface area (Å²) in [6, 6.07) is 21.3. The average Bonchev–Trinajstić information content (AvgIpc) is 3.57. The molecule has 2 aromatic carbocycles. The average molecular weight is 481 g/mol. The van der Waals surface area contributed by atoms with Crippen molar-refractivity contribution in [2.75, 3.05) is 31.9 Å². The van der Waals surface area contributed by atoms with E-state index < -0.39 is 0 Å². The maximum atomic E-state index is 5.96. The van der Waals surface area contributed by atoms with Gasteiger partial charge in [0.05, 0.1) is 31.2 Å². The molecule has 36 heavy (non-hydrogen) atoms. The lowest BCUT2D eigenvalue weighted by molar-refractivity contribution is 0.135. The third-order valence-electron chi connectivity index (χ3n) is 6.73. The second kappa shape index (κ2) is 9.84. The van der Waals surface area contributed by atoms with Gasteiger partial charge in [-0.1, -0.05) is 65.9 Å². The predicted molar refractivity (Wildman–Crippen MR) is 137 cm³/mol. The third kappa shape index (κ3) is 4.32. The summed E-state index contributed by atoms with van der Waals surface area (Å²) in [7, 11) is 0. The summed E-state index contributed by atoms with van der Waals surface area (Å²) in [5, 5.41) is 12.7. The first kappa shape index (κ1) is 22.3. The Morgan fingerprint density at radius 2 is 1.56 bits per heavy atom. The molecule has 4 heterocycles. The molecule has 0 amide bonds. The van der Waals surface area contributed by atoms with E-state index in [2.05, 4.69) is 90.1 Å². The molecule has 3 aromatic heterocycles. The lowest BCUT2D eigenvalue weighted by Gasteiger charge is -2.39. The number of rotatable bonds is 7.